The Morgan fingerprint density at radius 1 is 1.15 bits per heavy atom. The van der Waals surface area contributed by atoms with Gasteiger partial charge in [0.1, 0.15) is 5.75 Å². The van der Waals surface area contributed by atoms with E-state index in [1.165, 1.54) is 6.08 Å². The van der Waals surface area contributed by atoms with Gasteiger partial charge in [0, 0.05) is 15.5 Å². The minimum absolute atomic E-state index is 0.357. The summed E-state index contributed by atoms with van der Waals surface area (Å²) in [7, 11) is -3.85. The molecule has 0 fully saturated rings. The minimum atomic E-state index is -3.85. The number of carbonyl (C=O) groups is 1. The molecule has 138 valence electrons. The number of hydrogen-bond acceptors (Lipinski definition) is 4. The Labute approximate surface area is 161 Å². The Balaban J connectivity index is 1.83. The zero-order valence-electron chi connectivity index (χ0n) is 13.7. The quantitative estimate of drug-likeness (QED) is 0.680. The first-order valence-corrected chi connectivity index (χ1v) is 9.69. The van der Waals surface area contributed by atoms with Gasteiger partial charge in [0.05, 0.1) is 0 Å². The molecule has 2 rings (SSSR count). The first-order valence-electron chi connectivity index (χ1n) is 7.38. The highest BCUT2D eigenvalue weighted by atomic mass is 35.5. The van der Waals surface area contributed by atoms with E-state index in [9.17, 15) is 13.2 Å². The van der Waals surface area contributed by atoms with Gasteiger partial charge in [-0.3, -0.25) is 10.2 Å². The van der Waals surface area contributed by atoms with Crippen LogP contribution in [0, 0.1) is 6.92 Å². The highest BCUT2D eigenvalue weighted by Gasteiger charge is 2.09. The third kappa shape index (κ3) is 6.68. The van der Waals surface area contributed by atoms with Crippen molar-refractivity contribution >= 4 is 45.2 Å². The second kappa shape index (κ2) is 9.05. The van der Waals surface area contributed by atoms with Crippen LogP contribution in [0.3, 0.4) is 0 Å². The third-order valence-electron chi connectivity index (χ3n) is 3.14. The number of hydrazine groups is 1. The number of carbonyl (C=O) groups excluding carboxylic acids is 1. The summed E-state index contributed by atoms with van der Waals surface area (Å²) in [5, 5.41) is 2.06. The van der Waals surface area contributed by atoms with E-state index in [0.717, 1.165) is 11.0 Å². The second-order valence-corrected chi connectivity index (χ2v) is 7.66. The predicted molar refractivity (Wildman–Crippen MR) is 102 cm³/mol. The van der Waals surface area contributed by atoms with E-state index in [2.05, 4.69) is 5.43 Å². The summed E-state index contributed by atoms with van der Waals surface area (Å²) in [6.45, 7) is 1.45. The fourth-order valence-corrected chi connectivity index (χ4v) is 2.70. The van der Waals surface area contributed by atoms with Gasteiger partial charge in [-0.1, -0.05) is 35.3 Å². The molecule has 9 heteroatoms. The summed E-state index contributed by atoms with van der Waals surface area (Å²) in [6, 6.07) is 11.5. The molecular weight excluding hydrogens is 399 g/mol. The first kappa shape index (κ1) is 20.3. The molecule has 0 saturated heterocycles. The minimum Gasteiger partial charge on any atom is -0.484 e. The van der Waals surface area contributed by atoms with Crippen LogP contribution in [0.4, 0.5) is 0 Å². The van der Waals surface area contributed by atoms with Crippen LogP contribution in [0.5, 0.6) is 5.75 Å². The van der Waals surface area contributed by atoms with Crippen LogP contribution in [-0.4, -0.2) is 20.9 Å². The van der Waals surface area contributed by atoms with Gasteiger partial charge in [-0.2, -0.15) is 0 Å². The summed E-state index contributed by atoms with van der Waals surface area (Å²) < 4.78 is 28.9. The van der Waals surface area contributed by atoms with Gasteiger partial charge in [-0.05, 0) is 54.5 Å². The van der Waals surface area contributed by atoms with Gasteiger partial charge < -0.3 is 4.74 Å². The van der Waals surface area contributed by atoms with Gasteiger partial charge in [-0.15, -0.1) is 4.83 Å². The molecule has 0 saturated carbocycles. The molecule has 0 aliphatic rings. The topological polar surface area (TPSA) is 84.5 Å². The summed E-state index contributed by atoms with van der Waals surface area (Å²) in [4.78, 5) is 13.7. The van der Waals surface area contributed by atoms with Crippen LogP contribution < -0.4 is 15.0 Å². The molecule has 0 aliphatic carbocycles. The fraction of sp³-hybridized carbons (Fsp3) is 0.118. The number of benzene rings is 2. The Bertz CT molecular complexity index is 913. The number of amides is 1. The maximum Gasteiger partial charge on any atom is 0.272 e. The van der Waals surface area contributed by atoms with Crippen LogP contribution in [-0.2, 0) is 14.8 Å². The summed E-state index contributed by atoms with van der Waals surface area (Å²) in [6.07, 6.45) is 1.37. The van der Waals surface area contributed by atoms with E-state index in [1.54, 1.807) is 49.4 Å². The molecule has 0 spiro atoms. The molecule has 2 aromatic rings. The number of nitrogens with one attached hydrogen (secondary N) is 2. The Morgan fingerprint density at radius 3 is 2.50 bits per heavy atom. The smallest absolute Gasteiger partial charge is 0.272 e. The highest BCUT2D eigenvalue weighted by Crippen LogP contribution is 2.20. The van der Waals surface area contributed by atoms with Crippen molar-refractivity contribution in [3.8, 4) is 5.75 Å². The lowest BCUT2D eigenvalue weighted by atomic mass is 10.2. The molecule has 0 aliphatic heterocycles. The number of halogens is 2. The maximum atomic E-state index is 11.8. The van der Waals surface area contributed by atoms with Gasteiger partial charge in [0.25, 0.3) is 15.9 Å². The van der Waals surface area contributed by atoms with Crippen molar-refractivity contribution in [3.05, 3.63) is 69.0 Å². The molecule has 26 heavy (non-hydrogen) atoms. The van der Waals surface area contributed by atoms with Crippen molar-refractivity contribution in [1.29, 1.82) is 0 Å². The zero-order chi connectivity index (χ0) is 19.2. The standard InChI is InChI=1S/C17H16Cl2N2O4S/c1-12-10-15(6-7-16(12)19)25-11-17(22)20-21-26(23,24)9-8-13-2-4-14(18)5-3-13/h2-10,21H,11H2,1H3,(H,20,22)/b9-8+. The second-order valence-electron chi connectivity index (χ2n) is 5.25. The van der Waals surface area contributed by atoms with Crippen LogP contribution in [0.25, 0.3) is 6.08 Å². The zero-order valence-corrected chi connectivity index (χ0v) is 16.0. The van der Waals surface area contributed by atoms with Crippen molar-refractivity contribution < 1.29 is 17.9 Å². The lowest BCUT2D eigenvalue weighted by Crippen LogP contribution is -2.42. The Hall–Kier alpha value is -2.06. The van der Waals surface area contributed by atoms with Crippen molar-refractivity contribution in [2.24, 2.45) is 0 Å². The van der Waals surface area contributed by atoms with Crippen molar-refractivity contribution in [1.82, 2.24) is 10.3 Å². The lowest BCUT2D eigenvalue weighted by molar-refractivity contribution is -0.123. The molecule has 0 bridgehead atoms. The first-order chi connectivity index (χ1) is 12.2. The number of hydrogen-bond donors (Lipinski definition) is 2. The molecule has 0 heterocycles. The van der Waals surface area contributed by atoms with Crippen LogP contribution in [0.1, 0.15) is 11.1 Å². The summed E-state index contributed by atoms with van der Waals surface area (Å²) >= 11 is 11.7. The van der Waals surface area contributed by atoms with Gasteiger partial charge in [0.2, 0.25) is 0 Å². The van der Waals surface area contributed by atoms with E-state index in [1.807, 2.05) is 4.83 Å². The van der Waals surface area contributed by atoms with Crippen LogP contribution in [0.2, 0.25) is 10.0 Å². The average Bonchev–Trinajstić information content (AvgIpc) is 2.61. The Kier molecular flexibility index (Phi) is 7.05. The van der Waals surface area contributed by atoms with Crippen molar-refractivity contribution in [3.63, 3.8) is 0 Å². The van der Waals surface area contributed by atoms with Gasteiger partial charge in [0.15, 0.2) is 6.61 Å². The maximum absolute atomic E-state index is 11.8. The molecule has 1 amide bonds. The van der Waals surface area contributed by atoms with E-state index in [-0.39, 0.29) is 6.61 Å². The fourth-order valence-electron chi connectivity index (χ4n) is 1.80. The highest BCUT2D eigenvalue weighted by molar-refractivity contribution is 7.92. The van der Waals surface area contributed by atoms with E-state index in [4.69, 9.17) is 27.9 Å². The third-order valence-corrected chi connectivity index (χ3v) is 4.70. The monoisotopic (exact) mass is 414 g/mol. The van der Waals surface area contributed by atoms with E-state index in [0.29, 0.717) is 21.4 Å². The average molecular weight is 415 g/mol. The van der Waals surface area contributed by atoms with Gasteiger partial charge >= 0.3 is 0 Å². The molecule has 0 atom stereocenters. The molecule has 0 aromatic heterocycles. The summed E-state index contributed by atoms with van der Waals surface area (Å²) in [5.74, 6) is -0.200. The molecule has 0 radical (unpaired) electrons. The number of aryl methyl sites for hydroxylation is 1. The molecule has 2 N–H and O–H groups in total. The van der Waals surface area contributed by atoms with Crippen molar-refractivity contribution in [2.45, 2.75) is 6.92 Å². The molecule has 2 aromatic carbocycles. The van der Waals surface area contributed by atoms with E-state index >= 15 is 0 Å². The molecular formula is C17H16Cl2N2O4S. The lowest BCUT2D eigenvalue weighted by Gasteiger charge is -2.08. The SMILES string of the molecule is Cc1cc(OCC(=O)NNS(=O)(=O)/C=C/c2ccc(Cl)cc2)ccc1Cl. The van der Waals surface area contributed by atoms with Crippen LogP contribution >= 0.6 is 23.2 Å². The largest absolute Gasteiger partial charge is 0.484 e. The molecule has 0 unspecified atom stereocenters. The summed E-state index contributed by atoms with van der Waals surface area (Å²) in [5.41, 5.74) is 3.51. The number of ether oxygens (including phenoxy) is 1. The van der Waals surface area contributed by atoms with Crippen molar-refractivity contribution in [2.75, 3.05) is 6.61 Å². The van der Waals surface area contributed by atoms with E-state index < -0.39 is 15.9 Å². The number of sulfonamides is 1. The van der Waals surface area contributed by atoms with Gasteiger partial charge in [-0.25, -0.2) is 8.42 Å². The normalized spacial score (nSPS) is 11.5. The predicted octanol–water partition coefficient (Wildman–Crippen LogP) is 3.30. The molecule has 6 nitrogen and oxygen atoms in total. The van der Waals surface area contributed by atoms with Crippen LogP contribution in [0.15, 0.2) is 47.9 Å². The Morgan fingerprint density at radius 2 is 1.85 bits per heavy atom. The number of rotatable bonds is 7.